The van der Waals surface area contributed by atoms with Crippen molar-refractivity contribution in [1.29, 1.82) is 0 Å². The highest BCUT2D eigenvalue weighted by atomic mass is 16.2. The van der Waals surface area contributed by atoms with Gasteiger partial charge in [0, 0.05) is 36.8 Å². The number of hydrogen-bond donors (Lipinski definition) is 0. The number of carbonyl (C=O) groups is 2. The fraction of sp³-hybridized carbons (Fsp3) is 0.500. The highest BCUT2D eigenvalue weighted by molar-refractivity contribution is 5.93. The molecule has 2 saturated heterocycles. The molecule has 5 rings (SSSR count). The number of aromatic nitrogens is 2. The molecule has 30 heavy (non-hydrogen) atoms. The number of fused-ring (bicyclic) bond motifs is 1. The summed E-state index contributed by atoms with van der Waals surface area (Å²) in [5.41, 5.74) is 1.50. The monoisotopic (exact) mass is 404 g/mol. The van der Waals surface area contributed by atoms with Gasteiger partial charge < -0.3 is 9.80 Å². The van der Waals surface area contributed by atoms with Gasteiger partial charge in [0.25, 0.3) is 5.91 Å². The van der Waals surface area contributed by atoms with E-state index in [-0.39, 0.29) is 41.4 Å². The zero-order chi connectivity index (χ0) is 20.9. The van der Waals surface area contributed by atoms with E-state index in [0.717, 1.165) is 32.1 Å². The molecule has 3 aliphatic rings. The van der Waals surface area contributed by atoms with Gasteiger partial charge in [0.1, 0.15) is 5.69 Å². The molecule has 0 N–H and O–H groups in total. The van der Waals surface area contributed by atoms with Crippen molar-refractivity contribution in [3.63, 3.8) is 0 Å². The zero-order valence-corrected chi connectivity index (χ0v) is 17.6. The van der Waals surface area contributed by atoms with Crippen molar-refractivity contribution < 1.29 is 9.59 Å². The third kappa shape index (κ3) is 2.84. The minimum absolute atomic E-state index is 0.0349. The molecule has 0 unspecified atom stereocenters. The topological polar surface area (TPSA) is 66.4 Å². The largest absolute Gasteiger partial charge is 0.334 e. The molecule has 156 valence electrons. The maximum atomic E-state index is 13.8. The van der Waals surface area contributed by atoms with E-state index >= 15 is 0 Å². The van der Waals surface area contributed by atoms with Crippen LogP contribution in [0.1, 0.15) is 55.6 Å². The number of carbonyl (C=O) groups excluding carboxylic acids is 2. The van der Waals surface area contributed by atoms with Crippen LogP contribution in [0, 0.1) is 5.41 Å². The Labute approximate surface area is 177 Å². The van der Waals surface area contributed by atoms with E-state index in [2.05, 4.69) is 38.8 Å². The maximum absolute atomic E-state index is 13.8. The Morgan fingerprint density at radius 1 is 1.10 bits per heavy atom. The molecule has 5 atom stereocenters. The first kappa shape index (κ1) is 19.2. The van der Waals surface area contributed by atoms with Gasteiger partial charge in [-0.15, -0.1) is 0 Å². The molecule has 6 nitrogen and oxygen atoms in total. The second-order valence-corrected chi connectivity index (χ2v) is 9.23. The molecule has 1 aromatic carbocycles. The molecule has 0 radical (unpaired) electrons. The van der Waals surface area contributed by atoms with E-state index in [9.17, 15) is 9.59 Å². The van der Waals surface area contributed by atoms with E-state index in [4.69, 9.17) is 0 Å². The molecule has 2 bridgehead atoms. The lowest BCUT2D eigenvalue weighted by atomic mass is 9.64. The number of likely N-dealkylation sites (tertiary alicyclic amines) is 2. The SMILES string of the molecule is CC(=O)N1[C@H]2CCC[C@H]3N(C(=O)c4cnccn4)[C@@H](Cc4ccccc4)[C@@H]1C[C@@]23C. The zero-order valence-electron chi connectivity index (χ0n) is 17.6. The lowest BCUT2D eigenvalue weighted by Crippen LogP contribution is -2.62. The van der Waals surface area contributed by atoms with Crippen molar-refractivity contribution in [1.82, 2.24) is 19.8 Å². The lowest BCUT2D eigenvalue weighted by molar-refractivity contribution is -0.133. The number of nitrogens with zero attached hydrogens (tertiary/aromatic N) is 4. The summed E-state index contributed by atoms with van der Waals surface area (Å²) in [5.74, 6) is 0.0669. The molecular formula is C24H28N4O2. The quantitative estimate of drug-likeness (QED) is 0.789. The highest BCUT2D eigenvalue weighted by Crippen LogP contribution is 2.56. The molecule has 1 aliphatic carbocycles. The average Bonchev–Trinajstić information content (AvgIpc) is 3.07. The standard InChI is InChI=1S/C24H28N4O2/c1-16(29)27-20-14-24(2)21(27)9-6-10-22(24)28(23(30)18-15-25-11-12-26-18)19(20)13-17-7-4-3-5-8-17/h3-5,7-8,11-12,15,19-22H,6,9-10,13-14H2,1-2H3/t19-,20-,21-,22+,24-/m0/s1. The van der Waals surface area contributed by atoms with Crippen molar-refractivity contribution in [2.75, 3.05) is 0 Å². The Hall–Kier alpha value is -2.76. The molecule has 3 heterocycles. The fourth-order valence-electron chi connectivity index (χ4n) is 6.47. The normalized spacial score (nSPS) is 32.2. The summed E-state index contributed by atoms with van der Waals surface area (Å²) in [6.45, 7) is 3.97. The van der Waals surface area contributed by atoms with E-state index < -0.39 is 0 Å². The molecule has 2 amide bonds. The van der Waals surface area contributed by atoms with Gasteiger partial charge in [0.2, 0.25) is 5.91 Å². The van der Waals surface area contributed by atoms with Crippen LogP contribution in [0.4, 0.5) is 0 Å². The van der Waals surface area contributed by atoms with Gasteiger partial charge in [-0.3, -0.25) is 14.6 Å². The first-order valence-corrected chi connectivity index (χ1v) is 10.9. The average molecular weight is 405 g/mol. The minimum atomic E-state index is -0.0698. The van der Waals surface area contributed by atoms with Gasteiger partial charge in [0.05, 0.1) is 18.3 Å². The van der Waals surface area contributed by atoms with Crippen LogP contribution in [0.25, 0.3) is 0 Å². The van der Waals surface area contributed by atoms with E-state index in [1.54, 1.807) is 25.5 Å². The van der Waals surface area contributed by atoms with Crippen LogP contribution in [-0.4, -0.2) is 55.7 Å². The Kier molecular flexibility index (Phi) is 4.60. The molecule has 2 aliphatic heterocycles. The van der Waals surface area contributed by atoms with Gasteiger partial charge >= 0.3 is 0 Å². The van der Waals surface area contributed by atoms with Crippen molar-refractivity contribution in [3.8, 4) is 0 Å². The summed E-state index contributed by atoms with van der Waals surface area (Å²) in [6.07, 6.45) is 9.45. The third-order valence-corrected chi connectivity index (χ3v) is 7.62. The maximum Gasteiger partial charge on any atom is 0.274 e. The number of benzene rings is 1. The third-order valence-electron chi connectivity index (χ3n) is 7.62. The Bertz CT molecular complexity index is 950. The first-order chi connectivity index (χ1) is 14.5. The second-order valence-electron chi connectivity index (χ2n) is 9.23. The van der Waals surface area contributed by atoms with Crippen LogP contribution in [0.5, 0.6) is 0 Å². The summed E-state index contributed by atoms with van der Waals surface area (Å²) >= 11 is 0. The van der Waals surface area contributed by atoms with Crippen molar-refractivity contribution >= 4 is 11.8 Å². The predicted octanol–water partition coefficient (Wildman–Crippen LogP) is 3.09. The van der Waals surface area contributed by atoms with Gasteiger partial charge in [0.15, 0.2) is 0 Å². The van der Waals surface area contributed by atoms with Gasteiger partial charge in [-0.1, -0.05) is 37.3 Å². The Morgan fingerprint density at radius 3 is 2.50 bits per heavy atom. The molecule has 0 spiro atoms. The van der Waals surface area contributed by atoms with Crippen LogP contribution in [0.3, 0.4) is 0 Å². The van der Waals surface area contributed by atoms with Crippen LogP contribution in [0.2, 0.25) is 0 Å². The highest BCUT2D eigenvalue weighted by Gasteiger charge is 2.64. The summed E-state index contributed by atoms with van der Waals surface area (Å²) in [5, 5.41) is 0. The van der Waals surface area contributed by atoms with Crippen molar-refractivity contribution in [3.05, 3.63) is 60.2 Å². The van der Waals surface area contributed by atoms with Gasteiger partial charge in [-0.05, 0) is 37.7 Å². The van der Waals surface area contributed by atoms with E-state index in [0.29, 0.717) is 5.69 Å². The second kappa shape index (κ2) is 7.18. The summed E-state index contributed by atoms with van der Waals surface area (Å²) in [4.78, 5) is 39.2. The van der Waals surface area contributed by atoms with Crippen LogP contribution < -0.4 is 0 Å². The van der Waals surface area contributed by atoms with Gasteiger partial charge in [-0.2, -0.15) is 0 Å². The van der Waals surface area contributed by atoms with Crippen LogP contribution >= 0.6 is 0 Å². The van der Waals surface area contributed by atoms with E-state index in [1.165, 1.54) is 5.56 Å². The molecule has 1 aromatic heterocycles. The fourth-order valence-corrected chi connectivity index (χ4v) is 6.47. The molecule has 1 saturated carbocycles. The number of rotatable bonds is 3. The molecule has 2 aromatic rings. The predicted molar refractivity (Wildman–Crippen MR) is 113 cm³/mol. The molecular weight excluding hydrogens is 376 g/mol. The van der Waals surface area contributed by atoms with Crippen molar-refractivity contribution in [2.45, 2.75) is 70.1 Å². The summed E-state index contributed by atoms with van der Waals surface area (Å²) < 4.78 is 0. The Morgan fingerprint density at radius 2 is 1.83 bits per heavy atom. The number of piperidine rings is 1. The van der Waals surface area contributed by atoms with E-state index in [1.807, 2.05) is 18.2 Å². The number of amides is 2. The molecule has 3 fully saturated rings. The minimum Gasteiger partial charge on any atom is -0.334 e. The Balaban J connectivity index is 1.62. The van der Waals surface area contributed by atoms with Crippen LogP contribution in [0.15, 0.2) is 48.9 Å². The lowest BCUT2D eigenvalue weighted by Gasteiger charge is -2.52. The first-order valence-electron chi connectivity index (χ1n) is 10.9. The smallest absolute Gasteiger partial charge is 0.274 e. The summed E-state index contributed by atoms with van der Waals surface area (Å²) in [6, 6.07) is 10.6. The molecule has 6 heteroatoms. The number of hydrogen-bond acceptors (Lipinski definition) is 4. The van der Waals surface area contributed by atoms with Crippen LogP contribution in [-0.2, 0) is 11.2 Å². The van der Waals surface area contributed by atoms with Gasteiger partial charge in [-0.25, -0.2) is 4.98 Å². The summed E-state index contributed by atoms with van der Waals surface area (Å²) in [7, 11) is 0. The van der Waals surface area contributed by atoms with Crippen molar-refractivity contribution in [2.24, 2.45) is 5.41 Å².